The van der Waals surface area contributed by atoms with Crippen LogP contribution in [0.25, 0.3) is 12.2 Å². The SMILES string of the molecule is Nc1nnc(/C=C/c2ccc(OCc3ccc([N+](=O)[O-])cc3)c(Cl)c2)o1. The van der Waals surface area contributed by atoms with Crippen LogP contribution in [0.5, 0.6) is 5.75 Å². The molecular weight excluding hydrogens is 360 g/mol. The standard InChI is InChI=1S/C17H13ClN4O4/c18-14-9-11(4-8-16-20-21-17(19)26-16)3-7-15(14)25-10-12-1-5-13(6-2-12)22(23)24/h1-9H,10H2,(H2,19,21)/b8-4+. The second-order valence-corrected chi connectivity index (χ2v) is 5.62. The van der Waals surface area contributed by atoms with E-state index in [9.17, 15) is 10.1 Å². The third-order valence-electron chi connectivity index (χ3n) is 3.37. The summed E-state index contributed by atoms with van der Waals surface area (Å²) < 4.78 is 10.7. The Labute approximate surface area is 153 Å². The fourth-order valence-corrected chi connectivity index (χ4v) is 2.34. The van der Waals surface area contributed by atoms with Gasteiger partial charge in [-0.3, -0.25) is 10.1 Å². The lowest BCUT2D eigenvalue weighted by Gasteiger charge is -2.08. The summed E-state index contributed by atoms with van der Waals surface area (Å²) in [6, 6.07) is 11.4. The second-order valence-electron chi connectivity index (χ2n) is 5.21. The molecule has 3 rings (SSSR count). The van der Waals surface area contributed by atoms with Gasteiger partial charge in [-0.15, -0.1) is 5.10 Å². The lowest BCUT2D eigenvalue weighted by atomic mass is 10.2. The van der Waals surface area contributed by atoms with E-state index >= 15 is 0 Å². The number of nitro groups is 1. The van der Waals surface area contributed by atoms with Gasteiger partial charge in [-0.05, 0) is 41.5 Å². The van der Waals surface area contributed by atoms with E-state index in [4.69, 9.17) is 26.5 Å². The molecule has 2 aromatic carbocycles. The number of aromatic nitrogens is 2. The van der Waals surface area contributed by atoms with E-state index in [1.165, 1.54) is 12.1 Å². The maximum absolute atomic E-state index is 10.6. The zero-order valence-electron chi connectivity index (χ0n) is 13.3. The van der Waals surface area contributed by atoms with E-state index < -0.39 is 4.92 Å². The van der Waals surface area contributed by atoms with E-state index in [1.807, 2.05) is 6.07 Å². The number of benzene rings is 2. The van der Waals surface area contributed by atoms with Crippen molar-refractivity contribution in [2.45, 2.75) is 6.61 Å². The van der Waals surface area contributed by atoms with Gasteiger partial charge in [-0.1, -0.05) is 22.8 Å². The molecule has 3 aromatic rings. The maximum Gasteiger partial charge on any atom is 0.313 e. The predicted molar refractivity (Wildman–Crippen MR) is 96.5 cm³/mol. The largest absolute Gasteiger partial charge is 0.487 e. The average molecular weight is 373 g/mol. The van der Waals surface area contributed by atoms with Crippen LogP contribution >= 0.6 is 11.6 Å². The van der Waals surface area contributed by atoms with Crippen LogP contribution in [0.1, 0.15) is 17.0 Å². The van der Waals surface area contributed by atoms with Crippen molar-refractivity contribution in [1.29, 1.82) is 0 Å². The van der Waals surface area contributed by atoms with Gasteiger partial charge in [0, 0.05) is 18.2 Å². The molecule has 0 unspecified atom stereocenters. The number of hydrogen-bond donors (Lipinski definition) is 1. The highest BCUT2D eigenvalue weighted by Crippen LogP contribution is 2.27. The highest BCUT2D eigenvalue weighted by atomic mass is 35.5. The molecule has 2 N–H and O–H groups in total. The number of ether oxygens (including phenoxy) is 1. The van der Waals surface area contributed by atoms with Crippen LogP contribution in [-0.4, -0.2) is 15.1 Å². The molecule has 132 valence electrons. The first-order valence-electron chi connectivity index (χ1n) is 7.44. The van der Waals surface area contributed by atoms with Crippen LogP contribution in [0.15, 0.2) is 46.9 Å². The Bertz CT molecular complexity index is 954. The zero-order valence-corrected chi connectivity index (χ0v) is 14.1. The van der Waals surface area contributed by atoms with Crippen LogP contribution in [0.4, 0.5) is 11.7 Å². The number of rotatable bonds is 6. The molecule has 0 aliphatic heterocycles. The molecule has 0 fully saturated rings. The van der Waals surface area contributed by atoms with Crippen molar-refractivity contribution in [3.8, 4) is 5.75 Å². The lowest BCUT2D eigenvalue weighted by Crippen LogP contribution is -1.96. The highest BCUT2D eigenvalue weighted by Gasteiger charge is 2.06. The summed E-state index contributed by atoms with van der Waals surface area (Å²) in [5.74, 6) is 0.793. The van der Waals surface area contributed by atoms with Crippen LogP contribution in [0.3, 0.4) is 0 Å². The third-order valence-corrected chi connectivity index (χ3v) is 3.67. The molecule has 0 saturated carbocycles. The molecule has 0 radical (unpaired) electrons. The minimum Gasteiger partial charge on any atom is -0.487 e. The van der Waals surface area contributed by atoms with Gasteiger partial charge in [0.1, 0.15) is 12.4 Å². The first-order chi connectivity index (χ1) is 12.5. The average Bonchev–Trinajstić information content (AvgIpc) is 3.05. The van der Waals surface area contributed by atoms with Crippen molar-refractivity contribution >= 4 is 35.5 Å². The number of hydrogen-bond acceptors (Lipinski definition) is 7. The van der Waals surface area contributed by atoms with E-state index in [2.05, 4.69) is 10.2 Å². The number of halogens is 1. The molecule has 26 heavy (non-hydrogen) atoms. The molecule has 1 aromatic heterocycles. The van der Waals surface area contributed by atoms with Crippen molar-refractivity contribution in [3.05, 3.63) is 74.6 Å². The van der Waals surface area contributed by atoms with Gasteiger partial charge < -0.3 is 14.9 Å². The van der Waals surface area contributed by atoms with E-state index in [1.54, 1.807) is 36.4 Å². The van der Waals surface area contributed by atoms with Crippen molar-refractivity contribution < 1.29 is 14.1 Å². The number of nitrogens with two attached hydrogens (primary N) is 1. The smallest absolute Gasteiger partial charge is 0.313 e. The Morgan fingerprint density at radius 3 is 2.58 bits per heavy atom. The van der Waals surface area contributed by atoms with Gasteiger partial charge in [-0.2, -0.15) is 0 Å². The number of anilines is 1. The highest BCUT2D eigenvalue weighted by molar-refractivity contribution is 6.32. The fraction of sp³-hybridized carbons (Fsp3) is 0.0588. The van der Waals surface area contributed by atoms with E-state index in [-0.39, 0.29) is 24.2 Å². The quantitative estimate of drug-likeness (QED) is 0.513. The molecule has 8 nitrogen and oxygen atoms in total. The first-order valence-corrected chi connectivity index (χ1v) is 7.82. The van der Waals surface area contributed by atoms with E-state index in [0.29, 0.717) is 10.8 Å². The minimum atomic E-state index is -0.448. The first kappa shape index (κ1) is 17.4. The van der Waals surface area contributed by atoms with E-state index in [0.717, 1.165) is 11.1 Å². The minimum absolute atomic E-state index is 0.00215. The summed E-state index contributed by atoms with van der Waals surface area (Å²) in [5, 5.41) is 18.4. The Morgan fingerprint density at radius 2 is 1.96 bits per heavy atom. The molecule has 0 bridgehead atoms. The van der Waals surface area contributed by atoms with Gasteiger partial charge in [0.15, 0.2) is 0 Å². The fourth-order valence-electron chi connectivity index (χ4n) is 2.09. The van der Waals surface area contributed by atoms with Crippen molar-refractivity contribution in [2.24, 2.45) is 0 Å². The van der Waals surface area contributed by atoms with Gasteiger partial charge in [0.2, 0.25) is 5.89 Å². The van der Waals surface area contributed by atoms with Crippen LogP contribution in [0.2, 0.25) is 5.02 Å². The Morgan fingerprint density at radius 1 is 1.19 bits per heavy atom. The molecule has 0 atom stereocenters. The van der Waals surface area contributed by atoms with Crippen molar-refractivity contribution in [1.82, 2.24) is 10.2 Å². The molecule has 0 spiro atoms. The molecular formula is C17H13ClN4O4. The third kappa shape index (κ3) is 4.37. The van der Waals surface area contributed by atoms with Crippen LogP contribution in [-0.2, 0) is 6.61 Å². The van der Waals surface area contributed by atoms with Gasteiger partial charge in [0.25, 0.3) is 5.69 Å². The Kier molecular flexibility index (Phi) is 5.14. The molecule has 1 heterocycles. The predicted octanol–water partition coefficient (Wildman–Crippen LogP) is 3.96. The van der Waals surface area contributed by atoms with Crippen LogP contribution in [0, 0.1) is 10.1 Å². The number of nitro benzene ring substituents is 1. The lowest BCUT2D eigenvalue weighted by molar-refractivity contribution is -0.384. The van der Waals surface area contributed by atoms with Gasteiger partial charge in [0.05, 0.1) is 9.95 Å². The summed E-state index contributed by atoms with van der Waals surface area (Å²) >= 11 is 6.23. The van der Waals surface area contributed by atoms with Crippen molar-refractivity contribution in [2.75, 3.05) is 5.73 Å². The number of non-ortho nitro benzene ring substituents is 1. The van der Waals surface area contributed by atoms with Gasteiger partial charge >= 0.3 is 6.01 Å². The topological polar surface area (TPSA) is 117 Å². The van der Waals surface area contributed by atoms with Gasteiger partial charge in [-0.25, -0.2) is 0 Å². The maximum atomic E-state index is 10.6. The second kappa shape index (κ2) is 7.66. The Hall–Kier alpha value is -3.39. The summed E-state index contributed by atoms with van der Waals surface area (Å²) in [6.45, 7) is 0.244. The van der Waals surface area contributed by atoms with Crippen LogP contribution < -0.4 is 10.5 Å². The monoisotopic (exact) mass is 372 g/mol. The number of nitrogens with zero attached hydrogens (tertiary/aromatic N) is 3. The Balaban J connectivity index is 1.64. The molecule has 9 heteroatoms. The van der Waals surface area contributed by atoms with Crippen molar-refractivity contribution in [3.63, 3.8) is 0 Å². The molecule has 0 aliphatic rings. The molecule has 0 aliphatic carbocycles. The summed E-state index contributed by atoms with van der Waals surface area (Å²) in [4.78, 5) is 10.2. The normalized spacial score (nSPS) is 11.0. The molecule has 0 amide bonds. The summed E-state index contributed by atoms with van der Waals surface area (Å²) in [5.41, 5.74) is 6.99. The zero-order chi connectivity index (χ0) is 18.5. The number of nitrogen functional groups attached to an aromatic ring is 1. The summed E-state index contributed by atoms with van der Waals surface area (Å²) in [6.07, 6.45) is 3.37. The summed E-state index contributed by atoms with van der Waals surface area (Å²) in [7, 11) is 0. The molecule has 0 saturated heterocycles.